The van der Waals surface area contributed by atoms with Crippen LogP contribution in [0, 0.1) is 5.92 Å². The lowest BCUT2D eigenvalue weighted by Crippen LogP contribution is -2.15. The number of rotatable bonds is 7. The number of nitrogens with one attached hydrogen (secondary N) is 1. The third-order valence-electron chi connectivity index (χ3n) is 3.02. The van der Waals surface area contributed by atoms with Gasteiger partial charge in [0, 0.05) is 18.8 Å². The summed E-state index contributed by atoms with van der Waals surface area (Å²) in [6.45, 7) is 5.06. The standard InChI is InChI=1S/C14H21N3O2S/c1-9(2)20-17(3)13-7-11(14(18)19)6-12(16-13)15-8-10-4-5-10/h6-7,9-10H,4-5,8H2,1-3H3,(H,15,16)(H,18,19). The smallest absolute Gasteiger partial charge is 0.335 e. The highest BCUT2D eigenvalue weighted by Gasteiger charge is 2.21. The van der Waals surface area contributed by atoms with Gasteiger partial charge in [0.2, 0.25) is 0 Å². The van der Waals surface area contributed by atoms with Crippen molar-refractivity contribution in [3.8, 4) is 0 Å². The maximum absolute atomic E-state index is 11.2. The summed E-state index contributed by atoms with van der Waals surface area (Å²) in [4.78, 5) is 15.7. The number of hydrogen-bond donors (Lipinski definition) is 2. The van der Waals surface area contributed by atoms with Crippen LogP contribution in [0.3, 0.4) is 0 Å². The number of hydrogen-bond acceptors (Lipinski definition) is 5. The molecule has 0 unspecified atom stereocenters. The SMILES string of the molecule is CC(C)SN(C)c1cc(C(=O)O)cc(NCC2CC2)n1. The maximum atomic E-state index is 11.2. The number of carboxylic acid groups (broad SMARTS) is 1. The van der Waals surface area contributed by atoms with Gasteiger partial charge in [-0.05, 0) is 42.8 Å². The molecule has 0 atom stereocenters. The molecule has 0 spiro atoms. The van der Waals surface area contributed by atoms with Crippen LogP contribution in [0.5, 0.6) is 0 Å². The fourth-order valence-corrected chi connectivity index (χ4v) is 2.67. The molecule has 0 bridgehead atoms. The molecule has 1 saturated carbocycles. The number of carbonyl (C=O) groups is 1. The lowest BCUT2D eigenvalue weighted by atomic mass is 10.2. The first-order valence-electron chi connectivity index (χ1n) is 6.85. The number of carboxylic acids is 1. The van der Waals surface area contributed by atoms with E-state index in [9.17, 15) is 9.90 Å². The van der Waals surface area contributed by atoms with E-state index in [1.807, 2.05) is 11.4 Å². The van der Waals surface area contributed by atoms with Gasteiger partial charge in [0.1, 0.15) is 11.6 Å². The monoisotopic (exact) mass is 295 g/mol. The van der Waals surface area contributed by atoms with Crippen molar-refractivity contribution in [2.75, 3.05) is 23.2 Å². The Labute approximate surface area is 123 Å². The predicted octanol–water partition coefficient (Wildman–Crippen LogP) is 3.09. The molecule has 1 heterocycles. The van der Waals surface area contributed by atoms with Crippen molar-refractivity contribution in [1.29, 1.82) is 0 Å². The van der Waals surface area contributed by atoms with Crippen LogP contribution >= 0.6 is 11.9 Å². The van der Waals surface area contributed by atoms with Crippen LogP contribution < -0.4 is 9.62 Å². The van der Waals surface area contributed by atoms with Crippen LogP contribution in [-0.2, 0) is 0 Å². The van der Waals surface area contributed by atoms with E-state index in [1.165, 1.54) is 12.8 Å². The summed E-state index contributed by atoms with van der Waals surface area (Å²) in [5.74, 6) is 1.10. The van der Waals surface area contributed by atoms with Crippen LogP contribution in [0.1, 0.15) is 37.0 Å². The van der Waals surface area contributed by atoms with Gasteiger partial charge in [-0.25, -0.2) is 9.78 Å². The van der Waals surface area contributed by atoms with Crippen LogP contribution in [-0.4, -0.2) is 34.9 Å². The maximum Gasteiger partial charge on any atom is 0.335 e. The lowest BCUT2D eigenvalue weighted by molar-refractivity contribution is 0.0697. The molecule has 0 radical (unpaired) electrons. The Morgan fingerprint density at radius 1 is 1.55 bits per heavy atom. The Hall–Kier alpha value is -1.43. The van der Waals surface area contributed by atoms with Crippen LogP contribution in [0.2, 0.25) is 0 Å². The second-order valence-corrected chi connectivity index (χ2v) is 7.08. The zero-order valence-corrected chi connectivity index (χ0v) is 12.9. The minimum atomic E-state index is -0.925. The quantitative estimate of drug-likeness (QED) is 0.754. The third kappa shape index (κ3) is 4.30. The van der Waals surface area contributed by atoms with Crippen molar-refractivity contribution < 1.29 is 9.90 Å². The molecule has 0 aromatic carbocycles. The van der Waals surface area contributed by atoms with Crippen LogP contribution in [0.4, 0.5) is 11.6 Å². The molecule has 2 rings (SSSR count). The average molecular weight is 295 g/mol. The lowest BCUT2D eigenvalue weighted by Gasteiger charge is -2.20. The summed E-state index contributed by atoms with van der Waals surface area (Å²) in [5.41, 5.74) is 0.268. The molecule has 0 saturated heterocycles. The number of aromatic nitrogens is 1. The largest absolute Gasteiger partial charge is 0.478 e. The van der Waals surface area contributed by atoms with Crippen molar-refractivity contribution in [1.82, 2.24) is 4.98 Å². The Morgan fingerprint density at radius 2 is 2.25 bits per heavy atom. The van der Waals surface area contributed by atoms with E-state index < -0.39 is 5.97 Å². The molecule has 1 aromatic rings. The van der Waals surface area contributed by atoms with E-state index in [0.29, 0.717) is 16.9 Å². The van der Waals surface area contributed by atoms with Crippen molar-refractivity contribution in [3.05, 3.63) is 17.7 Å². The molecule has 110 valence electrons. The summed E-state index contributed by atoms with van der Waals surface area (Å²) < 4.78 is 1.92. The van der Waals surface area contributed by atoms with E-state index in [2.05, 4.69) is 24.1 Å². The number of nitrogens with zero attached hydrogens (tertiary/aromatic N) is 2. The Balaban J connectivity index is 2.17. The molecule has 20 heavy (non-hydrogen) atoms. The van der Waals surface area contributed by atoms with Crippen molar-refractivity contribution >= 4 is 29.6 Å². The first-order valence-corrected chi connectivity index (χ1v) is 7.69. The number of anilines is 2. The van der Waals surface area contributed by atoms with Gasteiger partial charge in [-0.3, -0.25) is 0 Å². The van der Waals surface area contributed by atoms with E-state index in [0.717, 1.165) is 12.5 Å². The Bertz CT molecular complexity index is 489. The average Bonchev–Trinajstić information content (AvgIpc) is 3.19. The summed E-state index contributed by atoms with van der Waals surface area (Å²) in [6, 6.07) is 3.21. The predicted molar refractivity (Wildman–Crippen MR) is 83.5 cm³/mol. The first kappa shape index (κ1) is 15.0. The highest BCUT2D eigenvalue weighted by molar-refractivity contribution is 8.01. The summed E-state index contributed by atoms with van der Waals surface area (Å²) in [6.07, 6.45) is 2.50. The zero-order valence-electron chi connectivity index (χ0n) is 12.1. The van der Waals surface area contributed by atoms with Gasteiger partial charge in [0.25, 0.3) is 0 Å². The van der Waals surface area contributed by atoms with E-state index in [1.54, 1.807) is 24.1 Å². The number of aromatic carboxylic acids is 1. The van der Waals surface area contributed by atoms with Gasteiger partial charge in [-0.2, -0.15) is 0 Å². The van der Waals surface area contributed by atoms with Crippen molar-refractivity contribution in [2.45, 2.75) is 31.9 Å². The summed E-state index contributed by atoms with van der Waals surface area (Å²) in [5, 5.41) is 12.9. The van der Waals surface area contributed by atoms with E-state index in [4.69, 9.17) is 0 Å². The van der Waals surface area contributed by atoms with Crippen LogP contribution in [0.15, 0.2) is 12.1 Å². The van der Waals surface area contributed by atoms with E-state index >= 15 is 0 Å². The van der Waals surface area contributed by atoms with Crippen molar-refractivity contribution in [2.24, 2.45) is 5.92 Å². The molecule has 5 nitrogen and oxygen atoms in total. The molecule has 1 aliphatic carbocycles. The summed E-state index contributed by atoms with van der Waals surface area (Å²) in [7, 11) is 1.91. The second kappa shape index (κ2) is 6.35. The van der Waals surface area contributed by atoms with Crippen molar-refractivity contribution in [3.63, 3.8) is 0 Å². The molecule has 6 heteroatoms. The third-order valence-corrected chi connectivity index (χ3v) is 3.94. The molecular weight excluding hydrogens is 274 g/mol. The second-order valence-electron chi connectivity index (χ2n) is 5.38. The molecular formula is C14H21N3O2S. The highest BCUT2D eigenvalue weighted by atomic mass is 32.2. The molecule has 2 N–H and O–H groups in total. The molecule has 1 aromatic heterocycles. The molecule has 1 fully saturated rings. The van der Waals surface area contributed by atoms with Gasteiger partial charge >= 0.3 is 5.97 Å². The topological polar surface area (TPSA) is 65.5 Å². The molecule has 0 amide bonds. The number of pyridine rings is 1. The Kier molecular flexibility index (Phi) is 4.75. The van der Waals surface area contributed by atoms with Gasteiger partial charge in [-0.1, -0.05) is 13.8 Å². The highest BCUT2D eigenvalue weighted by Crippen LogP contribution is 2.29. The van der Waals surface area contributed by atoms with Gasteiger partial charge in [-0.15, -0.1) is 0 Å². The van der Waals surface area contributed by atoms with Gasteiger partial charge < -0.3 is 14.7 Å². The van der Waals surface area contributed by atoms with Crippen LogP contribution in [0.25, 0.3) is 0 Å². The fraction of sp³-hybridized carbons (Fsp3) is 0.571. The zero-order chi connectivity index (χ0) is 14.7. The fourth-order valence-electron chi connectivity index (χ4n) is 1.83. The summed E-state index contributed by atoms with van der Waals surface area (Å²) >= 11 is 1.62. The Morgan fingerprint density at radius 3 is 2.80 bits per heavy atom. The van der Waals surface area contributed by atoms with E-state index in [-0.39, 0.29) is 5.56 Å². The minimum absolute atomic E-state index is 0.268. The van der Waals surface area contributed by atoms with Gasteiger partial charge in [0.15, 0.2) is 0 Å². The molecule has 1 aliphatic rings. The first-order chi connectivity index (χ1) is 9.45. The normalized spacial score (nSPS) is 14.4. The minimum Gasteiger partial charge on any atom is -0.478 e. The van der Waals surface area contributed by atoms with Gasteiger partial charge in [0.05, 0.1) is 5.56 Å². The molecule has 0 aliphatic heterocycles.